The predicted molar refractivity (Wildman–Crippen MR) is 85.2 cm³/mol. The summed E-state index contributed by atoms with van der Waals surface area (Å²) in [5.74, 6) is 0.0766. The molecule has 0 bridgehead atoms. The van der Waals surface area contributed by atoms with Gasteiger partial charge in [0.05, 0.1) is 35.6 Å². The number of carbonyl (C=O) groups is 1. The average Bonchev–Trinajstić information content (AvgIpc) is 2.82. The second-order valence-corrected chi connectivity index (χ2v) is 6.33. The first-order valence-electron chi connectivity index (χ1n) is 7.48. The van der Waals surface area contributed by atoms with Gasteiger partial charge in [-0.05, 0) is 30.7 Å². The van der Waals surface area contributed by atoms with Crippen molar-refractivity contribution in [2.45, 2.75) is 19.0 Å². The summed E-state index contributed by atoms with van der Waals surface area (Å²) in [6.07, 6.45) is 8.00. The van der Waals surface area contributed by atoms with E-state index in [-0.39, 0.29) is 11.4 Å². The summed E-state index contributed by atoms with van der Waals surface area (Å²) in [4.78, 5) is 25.3. The van der Waals surface area contributed by atoms with Crippen molar-refractivity contribution in [3.8, 4) is 0 Å². The number of rotatable bonds is 1. The quantitative estimate of drug-likeness (QED) is 0.788. The highest BCUT2D eigenvalue weighted by atomic mass is 16.2. The second-order valence-electron chi connectivity index (χ2n) is 6.33. The van der Waals surface area contributed by atoms with Crippen LogP contribution < -0.4 is 0 Å². The Balaban J connectivity index is 1.67. The molecular weight excluding hydrogens is 276 g/mol. The van der Waals surface area contributed by atoms with Crippen LogP contribution in [0.2, 0.25) is 0 Å². The Morgan fingerprint density at radius 2 is 2.18 bits per heavy atom. The summed E-state index contributed by atoms with van der Waals surface area (Å²) in [6, 6.07) is 4.06. The van der Waals surface area contributed by atoms with Gasteiger partial charge >= 0.3 is 0 Å². The van der Waals surface area contributed by atoms with Crippen molar-refractivity contribution in [1.82, 2.24) is 14.8 Å². The van der Waals surface area contributed by atoms with Crippen LogP contribution in [0.15, 0.2) is 41.2 Å². The van der Waals surface area contributed by atoms with E-state index in [0.29, 0.717) is 13.1 Å². The van der Waals surface area contributed by atoms with Gasteiger partial charge in [-0.25, -0.2) is 0 Å². The van der Waals surface area contributed by atoms with Crippen molar-refractivity contribution in [3.05, 3.63) is 47.4 Å². The highest BCUT2D eigenvalue weighted by molar-refractivity contribution is 6.27. The first-order chi connectivity index (χ1) is 10.6. The molecule has 22 heavy (non-hydrogen) atoms. The first kappa shape index (κ1) is 13.2. The lowest BCUT2D eigenvalue weighted by Crippen LogP contribution is -2.47. The van der Waals surface area contributed by atoms with Crippen molar-refractivity contribution < 1.29 is 4.79 Å². The van der Waals surface area contributed by atoms with Gasteiger partial charge in [-0.15, -0.1) is 0 Å². The summed E-state index contributed by atoms with van der Waals surface area (Å²) in [5, 5.41) is 0. The van der Waals surface area contributed by atoms with Crippen molar-refractivity contribution in [2.75, 3.05) is 20.1 Å². The van der Waals surface area contributed by atoms with E-state index in [1.807, 2.05) is 25.4 Å². The number of likely N-dealkylation sites (tertiary alicyclic amines) is 1. The number of likely N-dealkylation sites (N-methyl/N-ethyl adjacent to an activating group) is 1. The van der Waals surface area contributed by atoms with E-state index < -0.39 is 0 Å². The SMILES string of the molecule is CN1CC2=NCC(C)(N3C=Cc4ncccc4C3)C=C2C1=O. The van der Waals surface area contributed by atoms with E-state index in [9.17, 15) is 4.79 Å². The van der Waals surface area contributed by atoms with E-state index in [4.69, 9.17) is 0 Å². The molecule has 0 N–H and O–H groups in total. The van der Waals surface area contributed by atoms with Crippen LogP contribution in [0.1, 0.15) is 18.2 Å². The maximum absolute atomic E-state index is 12.2. The number of aromatic nitrogens is 1. The number of nitrogens with zero attached hydrogens (tertiary/aromatic N) is 4. The molecule has 3 aliphatic heterocycles. The van der Waals surface area contributed by atoms with Gasteiger partial charge in [0.2, 0.25) is 0 Å². The zero-order valence-electron chi connectivity index (χ0n) is 12.8. The molecule has 3 aliphatic rings. The van der Waals surface area contributed by atoms with Crippen molar-refractivity contribution in [1.29, 1.82) is 0 Å². The van der Waals surface area contributed by atoms with Crippen LogP contribution >= 0.6 is 0 Å². The zero-order chi connectivity index (χ0) is 15.3. The molecule has 1 amide bonds. The van der Waals surface area contributed by atoms with Gasteiger partial charge in [0.25, 0.3) is 5.91 Å². The van der Waals surface area contributed by atoms with Crippen molar-refractivity contribution in [3.63, 3.8) is 0 Å². The number of aliphatic imine (C=N–C) groups is 1. The number of pyridine rings is 1. The zero-order valence-corrected chi connectivity index (χ0v) is 12.8. The normalized spacial score (nSPS) is 26.5. The van der Waals surface area contributed by atoms with Crippen LogP contribution in [-0.4, -0.2) is 52.1 Å². The van der Waals surface area contributed by atoms with Crippen LogP contribution in [0.5, 0.6) is 0 Å². The largest absolute Gasteiger partial charge is 0.362 e. The third-order valence-corrected chi connectivity index (χ3v) is 4.66. The Kier molecular flexibility index (Phi) is 2.73. The minimum Gasteiger partial charge on any atom is -0.362 e. The van der Waals surface area contributed by atoms with E-state index in [1.54, 1.807) is 4.90 Å². The fourth-order valence-electron chi connectivity index (χ4n) is 3.26. The Bertz CT molecular complexity index is 749. The van der Waals surface area contributed by atoms with E-state index in [2.05, 4.69) is 40.1 Å². The monoisotopic (exact) mass is 294 g/mol. The van der Waals surface area contributed by atoms with E-state index >= 15 is 0 Å². The molecule has 0 saturated carbocycles. The molecule has 5 heteroatoms. The fourth-order valence-corrected chi connectivity index (χ4v) is 3.26. The van der Waals surface area contributed by atoms with Crippen LogP contribution in [0.25, 0.3) is 6.08 Å². The molecule has 0 aromatic carbocycles. The molecule has 5 nitrogen and oxygen atoms in total. The van der Waals surface area contributed by atoms with Gasteiger partial charge in [0.15, 0.2) is 0 Å². The number of amides is 1. The fraction of sp³-hybridized carbons (Fsp3) is 0.353. The predicted octanol–water partition coefficient (Wildman–Crippen LogP) is 1.48. The maximum Gasteiger partial charge on any atom is 0.255 e. The smallest absolute Gasteiger partial charge is 0.255 e. The molecule has 4 rings (SSSR count). The van der Waals surface area contributed by atoms with Gasteiger partial charge in [0.1, 0.15) is 0 Å². The molecule has 1 atom stereocenters. The van der Waals surface area contributed by atoms with Crippen molar-refractivity contribution in [2.24, 2.45) is 4.99 Å². The van der Waals surface area contributed by atoms with Gasteiger partial charge in [-0.1, -0.05) is 6.07 Å². The van der Waals surface area contributed by atoms with E-state index in [0.717, 1.165) is 23.5 Å². The summed E-state index contributed by atoms with van der Waals surface area (Å²) < 4.78 is 0. The molecule has 0 aliphatic carbocycles. The molecule has 112 valence electrons. The number of hydrogen-bond acceptors (Lipinski definition) is 4. The van der Waals surface area contributed by atoms with Gasteiger partial charge in [-0.3, -0.25) is 14.8 Å². The lowest BCUT2D eigenvalue weighted by Gasteiger charge is -2.41. The summed E-state index contributed by atoms with van der Waals surface area (Å²) in [6.45, 7) is 4.22. The Morgan fingerprint density at radius 3 is 3.05 bits per heavy atom. The molecule has 1 saturated heterocycles. The highest BCUT2D eigenvalue weighted by Gasteiger charge is 2.39. The third-order valence-electron chi connectivity index (χ3n) is 4.66. The van der Waals surface area contributed by atoms with Crippen molar-refractivity contribution >= 4 is 17.7 Å². The van der Waals surface area contributed by atoms with Crippen LogP contribution in [-0.2, 0) is 11.3 Å². The molecule has 4 heterocycles. The Labute approximate surface area is 129 Å². The number of fused-ring (bicyclic) bond motifs is 2. The number of carbonyl (C=O) groups excluding carboxylic acids is 1. The lowest BCUT2D eigenvalue weighted by molar-refractivity contribution is -0.123. The second kappa shape index (κ2) is 4.53. The molecule has 1 fully saturated rings. The van der Waals surface area contributed by atoms with Crippen LogP contribution in [0.4, 0.5) is 0 Å². The number of hydrogen-bond donors (Lipinski definition) is 0. The van der Waals surface area contributed by atoms with Gasteiger partial charge in [-0.2, -0.15) is 0 Å². The summed E-state index contributed by atoms with van der Waals surface area (Å²) >= 11 is 0. The minimum atomic E-state index is -0.274. The minimum absolute atomic E-state index is 0.0766. The standard InChI is InChI=1S/C17H18N4O/c1-17(8-13-15(19-11-17)10-20(2)16(13)22)21-7-5-14-12(9-21)4-3-6-18-14/h3-8H,9-11H2,1-2H3. The van der Waals surface area contributed by atoms with Gasteiger partial charge < -0.3 is 9.80 Å². The van der Waals surface area contributed by atoms with Crippen LogP contribution in [0.3, 0.4) is 0 Å². The highest BCUT2D eigenvalue weighted by Crippen LogP contribution is 2.31. The Morgan fingerprint density at radius 1 is 1.32 bits per heavy atom. The molecule has 0 spiro atoms. The van der Waals surface area contributed by atoms with Gasteiger partial charge in [0, 0.05) is 26.0 Å². The Hall–Kier alpha value is -2.43. The molecule has 1 aromatic heterocycles. The average molecular weight is 294 g/mol. The molecule has 1 unspecified atom stereocenters. The molecule has 0 radical (unpaired) electrons. The van der Waals surface area contributed by atoms with Crippen LogP contribution in [0, 0.1) is 0 Å². The van der Waals surface area contributed by atoms with E-state index in [1.165, 1.54) is 5.56 Å². The molecule has 1 aromatic rings. The maximum atomic E-state index is 12.2. The number of dihydropyridines is 1. The summed E-state index contributed by atoms with van der Waals surface area (Å²) in [5.41, 5.74) is 3.64. The summed E-state index contributed by atoms with van der Waals surface area (Å²) in [7, 11) is 1.82. The topological polar surface area (TPSA) is 48.8 Å². The third kappa shape index (κ3) is 1.89. The lowest BCUT2D eigenvalue weighted by atomic mass is 9.91. The first-order valence-corrected chi connectivity index (χ1v) is 7.48. The molecular formula is C17H18N4O.